The summed E-state index contributed by atoms with van der Waals surface area (Å²) in [4.78, 5) is 15.6. The summed E-state index contributed by atoms with van der Waals surface area (Å²) in [5, 5.41) is -0.154. The zero-order valence-corrected chi connectivity index (χ0v) is 13.4. The Balaban J connectivity index is 2.51. The largest absolute Gasteiger partial charge is 0.544 e. The summed E-state index contributed by atoms with van der Waals surface area (Å²) in [5.74, 6) is -0.758. The smallest absolute Gasteiger partial charge is 0.294 e. The van der Waals surface area contributed by atoms with E-state index in [1.54, 1.807) is 6.92 Å². The Kier molecular flexibility index (Phi) is 4.65. The van der Waals surface area contributed by atoms with Crippen molar-refractivity contribution in [3.63, 3.8) is 0 Å². The van der Waals surface area contributed by atoms with E-state index in [0.29, 0.717) is 16.4 Å². The fourth-order valence-electron chi connectivity index (χ4n) is 2.19. The van der Waals surface area contributed by atoms with Gasteiger partial charge in [0, 0.05) is 17.4 Å². The van der Waals surface area contributed by atoms with Crippen LogP contribution < -0.4 is 0 Å². The lowest BCUT2D eigenvalue weighted by atomic mass is 10.1. The Morgan fingerprint density at radius 2 is 2.05 bits per heavy atom. The molecule has 0 aromatic carbocycles. The molecular weight excluding hydrogens is 343 g/mol. The molecule has 0 aromatic heterocycles. The Bertz CT molecular complexity index is 652. The second-order valence-electron chi connectivity index (χ2n) is 4.67. The molecule has 5 nitrogen and oxygen atoms in total. The number of halogens is 3. The molecule has 22 heavy (non-hydrogen) atoms. The lowest BCUT2D eigenvalue weighted by Gasteiger charge is -2.28. The number of alkyl halides is 3. The predicted octanol–water partition coefficient (Wildman–Crippen LogP) is 2.73. The highest BCUT2D eigenvalue weighted by Gasteiger charge is 2.46. The molecular formula is C12H14F3NO4S2. The number of carbonyl (C=O) groups is 1. The minimum Gasteiger partial charge on any atom is -0.294 e. The zero-order chi connectivity index (χ0) is 16.7. The number of ketones is 1. The van der Waals surface area contributed by atoms with Crippen molar-refractivity contribution in [2.45, 2.75) is 38.4 Å². The van der Waals surface area contributed by atoms with Crippen molar-refractivity contribution in [1.82, 2.24) is 5.06 Å². The summed E-state index contributed by atoms with van der Waals surface area (Å²) in [7, 11) is -3.85. The van der Waals surface area contributed by atoms with Gasteiger partial charge in [-0.1, -0.05) is 13.8 Å². The molecule has 10 heteroatoms. The van der Waals surface area contributed by atoms with E-state index in [9.17, 15) is 26.4 Å². The Hall–Kier alpha value is -1.00. The molecule has 0 bridgehead atoms. The highest BCUT2D eigenvalue weighted by molar-refractivity contribution is 8.04. The molecule has 2 rings (SSSR count). The lowest BCUT2D eigenvalue weighted by molar-refractivity contribution is -0.406. The lowest BCUT2D eigenvalue weighted by Crippen LogP contribution is -2.36. The predicted molar refractivity (Wildman–Crippen MR) is 74.8 cm³/mol. The average Bonchev–Trinajstić information content (AvgIpc) is 2.73. The minimum atomic E-state index is -4.95. The van der Waals surface area contributed by atoms with Gasteiger partial charge < -0.3 is 0 Å². The van der Waals surface area contributed by atoms with Crippen LogP contribution in [0.3, 0.4) is 0 Å². The maximum atomic E-state index is 12.6. The van der Waals surface area contributed by atoms with Gasteiger partial charge in [0.15, 0.2) is 15.6 Å². The van der Waals surface area contributed by atoms with Crippen molar-refractivity contribution in [3.8, 4) is 0 Å². The minimum absolute atomic E-state index is 0.114. The van der Waals surface area contributed by atoms with Gasteiger partial charge in [-0.2, -0.15) is 4.84 Å². The van der Waals surface area contributed by atoms with Gasteiger partial charge >= 0.3 is 6.36 Å². The fraction of sp³-hybridized carbons (Fsp3) is 0.583. The monoisotopic (exact) mass is 357 g/mol. The van der Waals surface area contributed by atoms with Gasteiger partial charge in [-0.25, -0.2) is 13.5 Å². The molecule has 124 valence electrons. The molecule has 0 radical (unpaired) electrons. The Morgan fingerprint density at radius 1 is 1.41 bits per heavy atom. The normalized spacial score (nSPS) is 23.0. The van der Waals surface area contributed by atoms with Crippen LogP contribution in [0.15, 0.2) is 21.6 Å². The van der Waals surface area contributed by atoms with Gasteiger partial charge in [-0.15, -0.1) is 24.9 Å². The van der Waals surface area contributed by atoms with Crippen molar-refractivity contribution < 1.29 is 31.2 Å². The second kappa shape index (κ2) is 5.89. The summed E-state index contributed by atoms with van der Waals surface area (Å²) < 4.78 is 62.1. The van der Waals surface area contributed by atoms with E-state index >= 15 is 0 Å². The summed E-state index contributed by atoms with van der Waals surface area (Å²) >= 11 is 1.03. The van der Waals surface area contributed by atoms with Crippen LogP contribution >= 0.6 is 11.8 Å². The number of thioether (sulfide) groups is 1. The van der Waals surface area contributed by atoms with Crippen molar-refractivity contribution in [2.24, 2.45) is 0 Å². The summed E-state index contributed by atoms with van der Waals surface area (Å²) in [6, 6.07) is 0. The number of allylic oxidation sites excluding steroid dienone is 2. The Morgan fingerprint density at radius 3 is 2.55 bits per heavy atom. The molecule has 1 atom stereocenters. The van der Waals surface area contributed by atoms with Crippen molar-refractivity contribution in [1.29, 1.82) is 0 Å². The third kappa shape index (κ3) is 3.33. The van der Waals surface area contributed by atoms with Gasteiger partial charge in [0.1, 0.15) is 5.37 Å². The quantitative estimate of drug-likeness (QED) is 0.771. The first kappa shape index (κ1) is 17.4. The number of carbonyl (C=O) groups excluding carboxylic acids is 1. The van der Waals surface area contributed by atoms with E-state index in [1.165, 1.54) is 6.92 Å². The molecule has 0 aromatic rings. The first-order valence-corrected chi connectivity index (χ1v) is 9.04. The second-order valence-corrected chi connectivity index (χ2v) is 8.19. The van der Waals surface area contributed by atoms with Crippen LogP contribution in [0, 0.1) is 0 Å². The summed E-state index contributed by atoms with van der Waals surface area (Å²) in [6.45, 7) is 3.02. The van der Waals surface area contributed by atoms with Crippen molar-refractivity contribution >= 4 is 27.4 Å². The number of hydrogen-bond acceptors (Lipinski definition) is 6. The van der Waals surface area contributed by atoms with Crippen LogP contribution in [0.5, 0.6) is 0 Å². The average molecular weight is 357 g/mol. The molecule has 1 heterocycles. The maximum absolute atomic E-state index is 12.6. The van der Waals surface area contributed by atoms with Crippen LogP contribution in [0.25, 0.3) is 0 Å². The van der Waals surface area contributed by atoms with Gasteiger partial charge in [0.2, 0.25) is 0 Å². The van der Waals surface area contributed by atoms with E-state index < -0.39 is 32.3 Å². The standard InChI is InChI=1S/C12H14F3NO4S2/c1-3-10-16(20-12(13,14)15)11-8(21-10)5-7(17)6-9(11)22(18,19)4-2/h6,10H,3-5H2,1-2H3. The molecule has 0 amide bonds. The van der Waals surface area contributed by atoms with Gasteiger partial charge in [-0.3, -0.25) is 4.79 Å². The molecule has 1 aliphatic carbocycles. The van der Waals surface area contributed by atoms with E-state index in [-0.39, 0.29) is 17.9 Å². The molecule has 0 fully saturated rings. The SMILES string of the molecule is CCC1SC2=C(C(S(=O)(=O)CC)=CC(=O)C2)N1OC(F)(F)F. The molecule has 0 saturated carbocycles. The van der Waals surface area contributed by atoms with Gasteiger partial charge in [-0.05, 0) is 6.42 Å². The number of hydroxylamine groups is 2. The molecule has 2 aliphatic rings. The molecule has 1 aliphatic heterocycles. The van der Waals surface area contributed by atoms with Crippen LogP contribution in [0.4, 0.5) is 13.2 Å². The first-order valence-electron chi connectivity index (χ1n) is 6.51. The molecule has 0 N–H and O–H groups in total. The highest BCUT2D eigenvalue weighted by atomic mass is 32.2. The van der Waals surface area contributed by atoms with Crippen molar-refractivity contribution in [3.05, 3.63) is 21.6 Å². The number of nitrogens with zero attached hydrogens (tertiary/aromatic N) is 1. The number of sulfone groups is 1. The van der Waals surface area contributed by atoms with Crippen LogP contribution in [-0.2, 0) is 19.5 Å². The number of hydrogen-bond donors (Lipinski definition) is 0. The fourth-order valence-corrected chi connectivity index (χ4v) is 4.66. The first-order chi connectivity index (χ1) is 10.1. The van der Waals surface area contributed by atoms with E-state index in [1.807, 2.05) is 0 Å². The molecule has 0 spiro atoms. The highest BCUT2D eigenvalue weighted by Crippen LogP contribution is 2.48. The van der Waals surface area contributed by atoms with E-state index in [4.69, 9.17) is 0 Å². The third-order valence-electron chi connectivity index (χ3n) is 3.15. The Labute approximate surface area is 130 Å². The van der Waals surface area contributed by atoms with Gasteiger partial charge in [0.25, 0.3) is 0 Å². The van der Waals surface area contributed by atoms with E-state index in [0.717, 1.165) is 17.8 Å². The topological polar surface area (TPSA) is 63.7 Å². The van der Waals surface area contributed by atoms with Crippen LogP contribution in [-0.4, -0.2) is 36.8 Å². The maximum Gasteiger partial charge on any atom is 0.544 e. The summed E-state index contributed by atoms with van der Waals surface area (Å²) in [6.07, 6.45) is -3.87. The van der Waals surface area contributed by atoms with E-state index in [2.05, 4.69) is 4.84 Å². The van der Waals surface area contributed by atoms with Gasteiger partial charge in [0.05, 0.1) is 16.4 Å². The molecule has 1 unspecified atom stereocenters. The van der Waals surface area contributed by atoms with Crippen molar-refractivity contribution in [2.75, 3.05) is 5.75 Å². The third-order valence-corrected chi connectivity index (χ3v) is 6.31. The number of rotatable bonds is 4. The zero-order valence-electron chi connectivity index (χ0n) is 11.8. The van der Waals surface area contributed by atoms with Crippen LogP contribution in [0.1, 0.15) is 26.7 Å². The molecule has 0 saturated heterocycles. The summed E-state index contributed by atoms with van der Waals surface area (Å²) in [5.41, 5.74) is -0.157. The van der Waals surface area contributed by atoms with Crippen LogP contribution in [0.2, 0.25) is 0 Å².